The van der Waals surface area contributed by atoms with Gasteiger partial charge in [-0.25, -0.2) is 20.0 Å². The third-order valence-electron chi connectivity index (χ3n) is 4.94. The molecular weight excluding hydrogens is 489 g/mol. The van der Waals surface area contributed by atoms with E-state index in [0.717, 1.165) is 0 Å². The number of carbonyl (C=O) groups excluding carboxylic acids is 2. The van der Waals surface area contributed by atoms with Gasteiger partial charge in [0.25, 0.3) is 0 Å². The van der Waals surface area contributed by atoms with Crippen molar-refractivity contribution < 1.29 is 28.4 Å². The van der Waals surface area contributed by atoms with Gasteiger partial charge in [-0.2, -0.15) is 0 Å². The van der Waals surface area contributed by atoms with E-state index in [1.54, 1.807) is 59.4 Å². The summed E-state index contributed by atoms with van der Waals surface area (Å²) in [6.07, 6.45) is 1.70. The highest BCUT2D eigenvalue weighted by atomic mass is 31.2. The van der Waals surface area contributed by atoms with Crippen molar-refractivity contribution in [3.63, 3.8) is 0 Å². The molecule has 14 heteroatoms. The number of imidazole rings is 1. The average Bonchev–Trinajstić information content (AvgIpc) is 3.19. The summed E-state index contributed by atoms with van der Waals surface area (Å²) >= 11 is 0. The molecule has 0 spiro atoms. The van der Waals surface area contributed by atoms with Crippen LogP contribution >= 0.6 is 7.44 Å². The molecule has 13 nitrogen and oxygen atoms in total. The summed E-state index contributed by atoms with van der Waals surface area (Å²) in [5.74, 6) is -1.26. The number of esters is 2. The Morgan fingerprint density at radius 1 is 1.03 bits per heavy atom. The normalized spacial score (nSPS) is 16.0. The molecule has 2 aromatic rings. The van der Waals surface area contributed by atoms with Gasteiger partial charge in [-0.1, -0.05) is 6.92 Å². The third-order valence-corrected chi connectivity index (χ3v) is 6.95. The molecule has 2 aromatic heterocycles. The number of carbonyl (C=O) groups is 2. The van der Waals surface area contributed by atoms with Crippen LogP contribution in [-0.4, -0.2) is 68.7 Å². The van der Waals surface area contributed by atoms with Gasteiger partial charge in [-0.05, 0) is 41.5 Å². The smallest absolute Gasteiger partial charge is 0.323 e. The fourth-order valence-corrected chi connectivity index (χ4v) is 5.16. The molecule has 36 heavy (non-hydrogen) atoms. The number of fused-ring (bicyclic) bond motifs is 1. The van der Waals surface area contributed by atoms with Crippen LogP contribution in [-0.2, 0) is 34.9 Å². The highest BCUT2D eigenvalue weighted by Gasteiger charge is 2.31. The third kappa shape index (κ3) is 8.81. The summed E-state index contributed by atoms with van der Waals surface area (Å²) in [4.78, 5) is 36.9. The molecule has 0 aromatic carbocycles. The van der Waals surface area contributed by atoms with Crippen LogP contribution in [0.1, 0.15) is 48.5 Å². The first kappa shape index (κ1) is 29.6. The van der Waals surface area contributed by atoms with E-state index in [1.807, 2.05) is 0 Å². The van der Waals surface area contributed by atoms with E-state index in [9.17, 15) is 14.2 Å². The van der Waals surface area contributed by atoms with Gasteiger partial charge in [0.15, 0.2) is 11.5 Å². The van der Waals surface area contributed by atoms with Crippen molar-refractivity contribution in [2.45, 2.75) is 79.4 Å². The molecule has 202 valence electrons. The monoisotopic (exact) mass is 527 g/mol. The second-order valence-corrected chi connectivity index (χ2v) is 11.6. The number of nitrogen functional groups attached to an aromatic ring is 1. The minimum absolute atomic E-state index is 0.0574. The van der Waals surface area contributed by atoms with Gasteiger partial charge in [-0.3, -0.25) is 19.2 Å². The predicted octanol–water partition coefficient (Wildman–Crippen LogP) is 2.07. The summed E-state index contributed by atoms with van der Waals surface area (Å²) < 4.78 is 31.9. The number of aromatic nitrogens is 4. The molecule has 0 aliphatic carbocycles. The van der Waals surface area contributed by atoms with Crippen LogP contribution in [0.15, 0.2) is 12.7 Å². The van der Waals surface area contributed by atoms with Crippen LogP contribution in [0.2, 0.25) is 0 Å². The number of nitrogens with one attached hydrogen (secondary N) is 2. The lowest BCUT2D eigenvalue weighted by atomic mass is 10.2. The van der Waals surface area contributed by atoms with Gasteiger partial charge < -0.3 is 24.5 Å². The average molecular weight is 528 g/mol. The fourth-order valence-electron chi connectivity index (χ4n) is 3.14. The minimum Gasteiger partial charge on any atom is -0.463 e. The summed E-state index contributed by atoms with van der Waals surface area (Å²) in [5, 5.41) is 5.72. The second-order valence-electron chi connectivity index (χ2n) is 9.26. The van der Waals surface area contributed by atoms with Gasteiger partial charge >= 0.3 is 11.9 Å². The van der Waals surface area contributed by atoms with Gasteiger partial charge in [0.05, 0.1) is 37.1 Å². The molecule has 0 saturated carbocycles. The van der Waals surface area contributed by atoms with Crippen molar-refractivity contribution in [1.82, 2.24) is 29.7 Å². The summed E-state index contributed by atoms with van der Waals surface area (Å²) in [6.45, 7) is 12.4. The maximum atomic E-state index is 13.8. The Balaban J connectivity index is 2.08. The molecular formula is C22H38N7O6P. The van der Waals surface area contributed by atoms with E-state index >= 15 is 0 Å². The zero-order chi connectivity index (χ0) is 27.0. The van der Waals surface area contributed by atoms with Crippen molar-refractivity contribution in [2.75, 3.05) is 18.6 Å². The number of ether oxygens (including phenoxy) is 3. The number of nitrogens with zero attached hydrogens (tertiary/aromatic N) is 4. The quantitative estimate of drug-likeness (QED) is 0.241. The Morgan fingerprint density at radius 3 is 2.31 bits per heavy atom. The topological polar surface area (TPSA) is 173 Å². The molecule has 1 unspecified atom stereocenters. The Bertz CT molecular complexity index is 1080. The van der Waals surface area contributed by atoms with Crippen molar-refractivity contribution in [3.05, 3.63) is 12.7 Å². The predicted molar refractivity (Wildman–Crippen MR) is 135 cm³/mol. The lowest BCUT2D eigenvalue weighted by Crippen LogP contribution is -2.40. The SMILES string of the molecule is CC(C)OC(=O)[C@H](C)NP(=O)(CO[C@H](C)Cn1cnc2c(N)ncnc21)NC[C@H](C)C(=O)OC(C)C. The summed E-state index contributed by atoms with van der Waals surface area (Å²) in [5.41, 5.74) is 6.88. The van der Waals surface area contributed by atoms with Crippen LogP contribution in [0.5, 0.6) is 0 Å². The molecule has 0 aliphatic heterocycles. The van der Waals surface area contributed by atoms with Crippen molar-refractivity contribution >= 4 is 36.4 Å². The highest BCUT2D eigenvalue weighted by molar-refractivity contribution is 7.59. The first-order chi connectivity index (χ1) is 16.8. The van der Waals surface area contributed by atoms with Crippen molar-refractivity contribution in [3.8, 4) is 0 Å². The van der Waals surface area contributed by atoms with E-state index in [1.165, 1.54) is 6.33 Å². The van der Waals surface area contributed by atoms with Crippen LogP contribution in [0.3, 0.4) is 0 Å². The van der Waals surface area contributed by atoms with Crippen LogP contribution < -0.4 is 15.9 Å². The fraction of sp³-hybridized carbons (Fsp3) is 0.682. The number of hydrogen-bond donors (Lipinski definition) is 3. The molecule has 0 saturated heterocycles. The Kier molecular flexibility index (Phi) is 10.8. The van der Waals surface area contributed by atoms with Crippen molar-refractivity contribution in [1.29, 1.82) is 0 Å². The molecule has 2 rings (SSSR count). The maximum Gasteiger partial charge on any atom is 0.323 e. The van der Waals surface area contributed by atoms with Crippen LogP contribution in [0, 0.1) is 5.92 Å². The van der Waals surface area contributed by atoms with Gasteiger partial charge in [-0.15, -0.1) is 0 Å². The largest absolute Gasteiger partial charge is 0.463 e. The molecule has 4 atom stereocenters. The van der Waals surface area contributed by atoms with Crippen LogP contribution in [0.4, 0.5) is 5.82 Å². The molecule has 0 bridgehead atoms. The van der Waals surface area contributed by atoms with E-state index in [2.05, 4.69) is 25.1 Å². The van der Waals surface area contributed by atoms with Gasteiger partial charge in [0, 0.05) is 6.54 Å². The second kappa shape index (κ2) is 13.1. The van der Waals surface area contributed by atoms with E-state index in [-0.39, 0.29) is 30.9 Å². The molecule has 0 fully saturated rings. The summed E-state index contributed by atoms with van der Waals surface area (Å²) in [6, 6.07) is -0.875. The number of rotatable bonds is 14. The Hall–Kier alpha value is -2.60. The number of nitrogens with two attached hydrogens (primary N) is 1. The first-order valence-corrected chi connectivity index (χ1v) is 13.8. The standard InChI is InChI=1S/C22H38N7O6P/c1-13(2)34-21(30)15(5)8-27-36(32,28-17(7)22(31)35-14(3)4)12-33-16(6)9-29-11-26-18-19(23)24-10-25-20(18)29/h10-11,13-17H,8-9,12H2,1-7H3,(H2,23,24,25)(H2,27,28,32)/t15-,16+,17-,36?/m0/s1. The molecule has 2 heterocycles. The number of hydrogen-bond acceptors (Lipinski definition) is 10. The highest BCUT2D eigenvalue weighted by Crippen LogP contribution is 2.37. The molecule has 4 N–H and O–H groups in total. The van der Waals surface area contributed by atoms with E-state index in [4.69, 9.17) is 19.9 Å². The zero-order valence-corrected chi connectivity index (χ0v) is 22.8. The van der Waals surface area contributed by atoms with E-state index in [0.29, 0.717) is 17.7 Å². The zero-order valence-electron chi connectivity index (χ0n) is 21.9. The molecule has 0 aliphatic rings. The number of anilines is 1. The lowest BCUT2D eigenvalue weighted by Gasteiger charge is -2.27. The maximum absolute atomic E-state index is 13.8. The first-order valence-electron chi connectivity index (χ1n) is 11.9. The van der Waals surface area contributed by atoms with Crippen molar-refractivity contribution in [2.24, 2.45) is 5.92 Å². The lowest BCUT2D eigenvalue weighted by molar-refractivity contribution is -0.151. The van der Waals surface area contributed by atoms with Gasteiger partial charge in [0.1, 0.15) is 24.2 Å². The Labute approximate surface area is 211 Å². The Morgan fingerprint density at radius 2 is 1.67 bits per heavy atom. The van der Waals surface area contributed by atoms with Crippen LogP contribution in [0.25, 0.3) is 11.2 Å². The van der Waals surface area contributed by atoms with E-state index < -0.39 is 37.4 Å². The summed E-state index contributed by atoms with van der Waals surface area (Å²) in [7, 11) is -3.50. The molecule has 0 radical (unpaired) electrons. The molecule has 0 amide bonds. The van der Waals surface area contributed by atoms with Gasteiger partial charge in [0.2, 0.25) is 7.44 Å². The minimum atomic E-state index is -3.50.